The van der Waals surface area contributed by atoms with Crippen molar-refractivity contribution in [2.75, 3.05) is 19.5 Å². The minimum Gasteiger partial charge on any atom is -0.493 e. The smallest absolute Gasteiger partial charge is 0.247 e. The highest BCUT2D eigenvalue weighted by atomic mass is 16.5. The van der Waals surface area contributed by atoms with E-state index in [1.807, 2.05) is 30.3 Å². The SMILES string of the molecule is COc1ccc(NC(=O)C2CCC(=O)N2Cc2ccccc2)cc1OC. The molecule has 3 rings (SSSR count). The molecule has 1 unspecified atom stereocenters. The Morgan fingerprint density at radius 2 is 1.85 bits per heavy atom. The van der Waals surface area contributed by atoms with Gasteiger partial charge in [0.05, 0.1) is 14.2 Å². The van der Waals surface area contributed by atoms with Crippen molar-refractivity contribution >= 4 is 17.5 Å². The average molecular weight is 354 g/mol. The van der Waals surface area contributed by atoms with Crippen LogP contribution in [0.2, 0.25) is 0 Å². The number of ether oxygens (including phenoxy) is 2. The first-order valence-corrected chi connectivity index (χ1v) is 8.48. The van der Waals surface area contributed by atoms with E-state index in [1.54, 1.807) is 37.3 Å². The molecule has 6 heteroatoms. The van der Waals surface area contributed by atoms with E-state index in [-0.39, 0.29) is 11.8 Å². The Morgan fingerprint density at radius 1 is 1.12 bits per heavy atom. The van der Waals surface area contributed by atoms with Crippen LogP contribution in [0.15, 0.2) is 48.5 Å². The number of nitrogens with zero attached hydrogens (tertiary/aromatic N) is 1. The molecule has 26 heavy (non-hydrogen) atoms. The van der Waals surface area contributed by atoms with Gasteiger partial charge >= 0.3 is 0 Å². The maximum absolute atomic E-state index is 12.7. The van der Waals surface area contributed by atoms with Crippen LogP contribution in [0.25, 0.3) is 0 Å². The number of amides is 2. The molecule has 0 saturated carbocycles. The van der Waals surface area contributed by atoms with Gasteiger partial charge in [0.1, 0.15) is 6.04 Å². The highest BCUT2D eigenvalue weighted by Crippen LogP contribution is 2.30. The first-order valence-electron chi connectivity index (χ1n) is 8.48. The van der Waals surface area contributed by atoms with E-state index < -0.39 is 6.04 Å². The Balaban J connectivity index is 1.73. The number of carbonyl (C=O) groups is 2. The molecule has 1 atom stereocenters. The third-order valence-corrected chi connectivity index (χ3v) is 4.48. The maximum Gasteiger partial charge on any atom is 0.247 e. The normalized spacial score (nSPS) is 16.5. The van der Waals surface area contributed by atoms with Crippen LogP contribution in [-0.2, 0) is 16.1 Å². The van der Waals surface area contributed by atoms with Crippen molar-refractivity contribution < 1.29 is 19.1 Å². The summed E-state index contributed by atoms with van der Waals surface area (Å²) in [6.07, 6.45) is 0.904. The first kappa shape index (κ1) is 17.8. The van der Waals surface area contributed by atoms with E-state index in [0.29, 0.717) is 36.6 Å². The third-order valence-electron chi connectivity index (χ3n) is 4.48. The summed E-state index contributed by atoms with van der Waals surface area (Å²) in [7, 11) is 3.10. The van der Waals surface area contributed by atoms with E-state index in [9.17, 15) is 9.59 Å². The van der Waals surface area contributed by atoms with Gasteiger partial charge in [0.15, 0.2) is 11.5 Å². The van der Waals surface area contributed by atoms with Crippen LogP contribution in [0, 0.1) is 0 Å². The maximum atomic E-state index is 12.7. The van der Waals surface area contributed by atoms with Crippen molar-refractivity contribution in [3.63, 3.8) is 0 Å². The summed E-state index contributed by atoms with van der Waals surface area (Å²) < 4.78 is 10.5. The molecule has 0 aliphatic carbocycles. The monoisotopic (exact) mass is 354 g/mol. The second-order valence-corrected chi connectivity index (χ2v) is 6.12. The van der Waals surface area contributed by atoms with Crippen LogP contribution >= 0.6 is 0 Å². The summed E-state index contributed by atoms with van der Waals surface area (Å²) in [5.41, 5.74) is 1.61. The summed E-state index contributed by atoms with van der Waals surface area (Å²) in [6, 6.07) is 14.4. The van der Waals surface area contributed by atoms with Crippen LogP contribution in [0.1, 0.15) is 18.4 Å². The van der Waals surface area contributed by atoms with Gasteiger partial charge in [-0.25, -0.2) is 0 Å². The van der Waals surface area contributed by atoms with Crippen molar-refractivity contribution in [3.8, 4) is 11.5 Å². The van der Waals surface area contributed by atoms with Gasteiger partial charge in [-0.2, -0.15) is 0 Å². The predicted octanol–water partition coefficient (Wildman–Crippen LogP) is 2.83. The molecule has 2 amide bonds. The van der Waals surface area contributed by atoms with Crippen molar-refractivity contribution in [2.24, 2.45) is 0 Å². The van der Waals surface area contributed by atoms with Gasteiger partial charge in [-0.3, -0.25) is 9.59 Å². The minimum absolute atomic E-state index is 0.00122. The van der Waals surface area contributed by atoms with Gasteiger partial charge in [0, 0.05) is 24.7 Å². The molecule has 1 fully saturated rings. The fourth-order valence-corrected chi connectivity index (χ4v) is 3.12. The van der Waals surface area contributed by atoms with Crippen molar-refractivity contribution in [1.29, 1.82) is 0 Å². The van der Waals surface area contributed by atoms with E-state index in [1.165, 1.54) is 0 Å². The Hall–Kier alpha value is -3.02. The number of likely N-dealkylation sites (tertiary alicyclic amines) is 1. The molecule has 6 nitrogen and oxygen atoms in total. The second kappa shape index (κ2) is 7.91. The largest absolute Gasteiger partial charge is 0.493 e. The van der Waals surface area contributed by atoms with E-state index in [4.69, 9.17) is 9.47 Å². The molecule has 1 aliphatic rings. The first-order chi connectivity index (χ1) is 12.6. The summed E-state index contributed by atoms with van der Waals surface area (Å²) >= 11 is 0. The van der Waals surface area contributed by atoms with Gasteiger partial charge in [0.25, 0.3) is 0 Å². The molecule has 0 radical (unpaired) electrons. The van der Waals surface area contributed by atoms with E-state index in [0.717, 1.165) is 5.56 Å². The lowest BCUT2D eigenvalue weighted by Crippen LogP contribution is -2.41. The molecule has 1 saturated heterocycles. The number of anilines is 1. The van der Waals surface area contributed by atoms with Crippen molar-refractivity contribution in [1.82, 2.24) is 4.90 Å². The number of nitrogens with one attached hydrogen (secondary N) is 1. The highest BCUT2D eigenvalue weighted by molar-refractivity contribution is 5.99. The van der Waals surface area contributed by atoms with E-state index >= 15 is 0 Å². The van der Waals surface area contributed by atoms with Crippen LogP contribution in [0.3, 0.4) is 0 Å². The molecular weight excluding hydrogens is 332 g/mol. The number of benzene rings is 2. The number of carbonyl (C=O) groups excluding carboxylic acids is 2. The fourth-order valence-electron chi connectivity index (χ4n) is 3.12. The lowest BCUT2D eigenvalue weighted by molar-refractivity contribution is -0.133. The number of methoxy groups -OCH3 is 2. The van der Waals surface area contributed by atoms with Crippen LogP contribution in [-0.4, -0.2) is 37.0 Å². The van der Waals surface area contributed by atoms with Crippen LogP contribution in [0.4, 0.5) is 5.69 Å². The summed E-state index contributed by atoms with van der Waals surface area (Å²) in [4.78, 5) is 26.6. The number of rotatable bonds is 6. The Morgan fingerprint density at radius 3 is 2.54 bits per heavy atom. The zero-order valence-electron chi connectivity index (χ0n) is 14.9. The molecule has 1 aliphatic heterocycles. The third kappa shape index (κ3) is 3.79. The Labute approximate surface area is 152 Å². The zero-order valence-corrected chi connectivity index (χ0v) is 14.9. The second-order valence-electron chi connectivity index (χ2n) is 6.12. The van der Waals surface area contributed by atoms with Crippen LogP contribution < -0.4 is 14.8 Å². The standard InChI is InChI=1S/C20H22N2O4/c1-25-17-10-8-15(12-18(17)26-2)21-20(24)16-9-11-19(23)22(16)13-14-6-4-3-5-7-14/h3-8,10,12,16H,9,11,13H2,1-2H3,(H,21,24). The molecule has 136 valence electrons. The molecular formula is C20H22N2O4. The van der Waals surface area contributed by atoms with Gasteiger partial charge in [-0.1, -0.05) is 30.3 Å². The minimum atomic E-state index is -0.476. The van der Waals surface area contributed by atoms with Gasteiger partial charge in [0.2, 0.25) is 11.8 Å². The van der Waals surface area contributed by atoms with Gasteiger partial charge < -0.3 is 19.7 Å². The quantitative estimate of drug-likeness (QED) is 0.866. The summed E-state index contributed by atoms with van der Waals surface area (Å²) in [5, 5.41) is 2.88. The van der Waals surface area contributed by atoms with Gasteiger partial charge in [-0.05, 0) is 24.1 Å². The van der Waals surface area contributed by atoms with Crippen molar-refractivity contribution in [2.45, 2.75) is 25.4 Å². The topological polar surface area (TPSA) is 67.9 Å². The van der Waals surface area contributed by atoms with Gasteiger partial charge in [-0.15, -0.1) is 0 Å². The van der Waals surface area contributed by atoms with Crippen LogP contribution in [0.5, 0.6) is 11.5 Å². The molecule has 0 bridgehead atoms. The Kier molecular flexibility index (Phi) is 5.41. The van der Waals surface area contributed by atoms with E-state index in [2.05, 4.69) is 5.32 Å². The summed E-state index contributed by atoms with van der Waals surface area (Å²) in [5.74, 6) is 0.932. The molecule has 2 aromatic carbocycles. The van der Waals surface area contributed by atoms with Crippen molar-refractivity contribution in [3.05, 3.63) is 54.1 Å². The molecule has 1 N–H and O–H groups in total. The number of hydrogen-bond acceptors (Lipinski definition) is 4. The number of hydrogen-bond donors (Lipinski definition) is 1. The molecule has 0 spiro atoms. The zero-order chi connectivity index (χ0) is 18.5. The lowest BCUT2D eigenvalue weighted by atomic mass is 10.1. The summed E-state index contributed by atoms with van der Waals surface area (Å²) in [6.45, 7) is 0.434. The molecule has 1 heterocycles. The fraction of sp³-hybridized carbons (Fsp3) is 0.300. The highest BCUT2D eigenvalue weighted by Gasteiger charge is 2.36. The lowest BCUT2D eigenvalue weighted by Gasteiger charge is -2.24. The molecule has 0 aromatic heterocycles. The Bertz CT molecular complexity index is 792. The average Bonchev–Trinajstić information content (AvgIpc) is 3.03. The predicted molar refractivity (Wildman–Crippen MR) is 98.2 cm³/mol. The molecule has 2 aromatic rings.